The Morgan fingerprint density at radius 2 is 2.11 bits per heavy atom. The molecular weight excluding hydrogens is 240 g/mol. The van der Waals surface area contributed by atoms with E-state index in [4.69, 9.17) is 11.5 Å². The summed E-state index contributed by atoms with van der Waals surface area (Å²) in [6, 6.07) is 5.91. The van der Waals surface area contributed by atoms with E-state index in [1.54, 1.807) is 12.1 Å². The topological polar surface area (TPSA) is 75.6 Å². The van der Waals surface area contributed by atoms with Gasteiger partial charge in [-0.05, 0) is 37.6 Å². The second kappa shape index (κ2) is 4.74. The number of rotatable bonds is 2. The molecule has 0 bridgehead atoms. The van der Waals surface area contributed by atoms with E-state index in [0.29, 0.717) is 11.6 Å². The summed E-state index contributed by atoms with van der Waals surface area (Å²) in [5, 5.41) is 0. The van der Waals surface area contributed by atoms with E-state index in [-0.39, 0.29) is 0 Å². The third kappa shape index (κ3) is 2.26. The first kappa shape index (κ1) is 12.3. The van der Waals surface area contributed by atoms with Crippen molar-refractivity contribution >= 4 is 17.3 Å². The minimum absolute atomic E-state index is 0.402. The highest BCUT2D eigenvalue weighted by Gasteiger charge is 2.31. The molecule has 0 spiro atoms. The van der Waals surface area contributed by atoms with Gasteiger partial charge in [-0.1, -0.05) is 0 Å². The summed E-state index contributed by atoms with van der Waals surface area (Å²) in [7, 11) is 0. The van der Waals surface area contributed by atoms with E-state index < -0.39 is 5.91 Å². The third-order valence-corrected chi connectivity index (χ3v) is 4.24. The number of primary amides is 1. The molecule has 102 valence electrons. The van der Waals surface area contributed by atoms with Crippen LogP contribution >= 0.6 is 0 Å². The number of amides is 1. The summed E-state index contributed by atoms with van der Waals surface area (Å²) in [6.07, 6.45) is 2.54. The van der Waals surface area contributed by atoms with Gasteiger partial charge in [0.05, 0.1) is 11.4 Å². The van der Waals surface area contributed by atoms with Crippen LogP contribution in [0.15, 0.2) is 18.2 Å². The van der Waals surface area contributed by atoms with Crippen LogP contribution in [0.4, 0.5) is 11.4 Å². The summed E-state index contributed by atoms with van der Waals surface area (Å²) < 4.78 is 0. The molecule has 5 heteroatoms. The molecule has 0 radical (unpaired) electrons. The van der Waals surface area contributed by atoms with Crippen molar-refractivity contribution in [3.05, 3.63) is 23.8 Å². The second-order valence-electron chi connectivity index (χ2n) is 5.42. The predicted molar refractivity (Wildman–Crippen MR) is 76.2 cm³/mol. The van der Waals surface area contributed by atoms with Gasteiger partial charge in [0.1, 0.15) is 0 Å². The smallest absolute Gasteiger partial charge is 0.248 e. The van der Waals surface area contributed by atoms with Crippen LogP contribution in [0.1, 0.15) is 23.2 Å². The largest absolute Gasteiger partial charge is 0.397 e. The van der Waals surface area contributed by atoms with Gasteiger partial charge in [0, 0.05) is 31.2 Å². The fourth-order valence-electron chi connectivity index (χ4n) is 3.18. The molecule has 4 N–H and O–H groups in total. The SMILES string of the molecule is NC(=O)c1ccc(N)c(N2CCN3CCCC3C2)c1. The first-order valence-electron chi connectivity index (χ1n) is 6.83. The number of nitrogens with two attached hydrogens (primary N) is 2. The van der Waals surface area contributed by atoms with E-state index in [0.717, 1.165) is 31.0 Å². The van der Waals surface area contributed by atoms with Gasteiger partial charge in [-0.25, -0.2) is 0 Å². The van der Waals surface area contributed by atoms with Gasteiger partial charge >= 0.3 is 0 Å². The predicted octanol–water partition coefficient (Wildman–Crippen LogP) is 0.652. The van der Waals surface area contributed by atoms with E-state index in [9.17, 15) is 4.79 Å². The zero-order chi connectivity index (χ0) is 13.4. The molecule has 2 heterocycles. The lowest BCUT2D eigenvalue weighted by molar-refractivity contribution is 0.100. The van der Waals surface area contributed by atoms with Crippen molar-refractivity contribution in [3.8, 4) is 0 Å². The highest BCUT2D eigenvalue weighted by atomic mass is 16.1. The number of nitrogen functional groups attached to an aromatic ring is 1. The fourth-order valence-corrected chi connectivity index (χ4v) is 3.18. The number of anilines is 2. The highest BCUT2D eigenvalue weighted by Crippen LogP contribution is 2.29. The van der Waals surface area contributed by atoms with E-state index in [2.05, 4.69) is 9.80 Å². The van der Waals surface area contributed by atoms with Gasteiger partial charge in [-0.2, -0.15) is 0 Å². The lowest BCUT2D eigenvalue weighted by Gasteiger charge is -2.39. The average Bonchev–Trinajstić information content (AvgIpc) is 2.86. The first-order valence-corrected chi connectivity index (χ1v) is 6.83. The highest BCUT2D eigenvalue weighted by molar-refractivity contribution is 5.95. The maximum absolute atomic E-state index is 11.3. The van der Waals surface area contributed by atoms with Crippen LogP contribution in [0.3, 0.4) is 0 Å². The van der Waals surface area contributed by atoms with Gasteiger partial charge in [-0.15, -0.1) is 0 Å². The first-order chi connectivity index (χ1) is 9.15. The van der Waals surface area contributed by atoms with E-state index >= 15 is 0 Å². The quantitative estimate of drug-likeness (QED) is 0.766. The lowest BCUT2D eigenvalue weighted by Crippen LogP contribution is -2.50. The molecule has 5 nitrogen and oxygen atoms in total. The Morgan fingerprint density at radius 3 is 2.89 bits per heavy atom. The zero-order valence-corrected chi connectivity index (χ0v) is 11.0. The zero-order valence-electron chi connectivity index (χ0n) is 11.0. The molecule has 1 unspecified atom stereocenters. The van der Waals surface area contributed by atoms with Crippen molar-refractivity contribution in [2.24, 2.45) is 5.73 Å². The summed E-state index contributed by atoms with van der Waals surface area (Å²) in [4.78, 5) is 16.1. The standard InChI is InChI=1S/C14H20N4O/c15-12-4-3-10(14(16)19)8-13(12)18-7-6-17-5-1-2-11(17)9-18/h3-4,8,11H,1-2,5-7,9,15H2,(H2,16,19). The minimum atomic E-state index is -0.402. The Kier molecular flexibility index (Phi) is 3.06. The van der Waals surface area contributed by atoms with Crippen molar-refractivity contribution in [3.63, 3.8) is 0 Å². The van der Waals surface area contributed by atoms with Crippen LogP contribution < -0.4 is 16.4 Å². The Hall–Kier alpha value is -1.75. The lowest BCUT2D eigenvalue weighted by atomic mass is 10.1. The molecule has 1 atom stereocenters. The minimum Gasteiger partial charge on any atom is -0.397 e. The van der Waals surface area contributed by atoms with E-state index in [1.165, 1.54) is 19.4 Å². The Balaban J connectivity index is 1.85. The molecule has 0 saturated carbocycles. The third-order valence-electron chi connectivity index (χ3n) is 4.24. The molecule has 1 aromatic carbocycles. The van der Waals surface area contributed by atoms with Crippen molar-refractivity contribution in [2.75, 3.05) is 36.8 Å². The van der Waals surface area contributed by atoms with Crippen molar-refractivity contribution in [1.82, 2.24) is 4.90 Å². The molecule has 2 aliphatic heterocycles. The molecule has 1 amide bonds. The molecule has 1 aromatic rings. The van der Waals surface area contributed by atoms with Crippen LogP contribution in [0, 0.1) is 0 Å². The summed E-state index contributed by atoms with van der Waals surface area (Å²) in [5.41, 5.74) is 13.6. The van der Waals surface area contributed by atoms with Crippen LogP contribution in [0.5, 0.6) is 0 Å². The molecule has 3 rings (SSSR count). The number of benzene rings is 1. The van der Waals surface area contributed by atoms with Crippen molar-refractivity contribution < 1.29 is 4.79 Å². The van der Waals surface area contributed by atoms with Gasteiger partial charge < -0.3 is 16.4 Å². The average molecular weight is 260 g/mol. The van der Waals surface area contributed by atoms with Gasteiger partial charge in [0.2, 0.25) is 5.91 Å². The normalized spacial score (nSPS) is 23.4. The van der Waals surface area contributed by atoms with Gasteiger partial charge in [0.25, 0.3) is 0 Å². The molecule has 0 aromatic heterocycles. The Morgan fingerprint density at radius 1 is 1.26 bits per heavy atom. The van der Waals surface area contributed by atoms with Crippen molar-refractivity contribution in [2.45, 2.75) is 18.9 Å². The van der Waals surface area contributed by atoms with Gasteiger partial charge in [-0.3, -0.25) is 9.69 Å². The molecule has 19 heavy (non-hydrogen) atoms. The molecule has 2 fully saturated rings. The summed E-state index contributed by atoms with van der Waals surface area (Å²) >= 11 is 0. The molecule has 2 aliphatic rings. The van der Waals surface area contributed by atoms with Crippen LogP contribution in [0.2, 0.25) is 0 Å². The fraction of sp³-hybridized carbons (Fsp3) is 0.500. The molecule has 0 aliphatic carbocycles. The Bertz CT molecular complexity index is 502. The monoisotopic (exact) mass is 260 g/mol. The second-order valence-corrected chi connectivity index (χ2v) is 5.42. The maximum atomic E-state index is 11.3. The van der Waals surface area contributed by atoms with Crippen LogP contribution in [-0.4, -0.2) is 43.0 Å². The number of carbonyl (C=O) groups is 1. The van der Waals surface area contributed by atoms with E-state index in [1.807, 2.05) is 6.07 Å². The molecule has 2 saturated heterocycles. The number of nitrogens with zero attached hydrogens (tertiary/aromatic N) is 2. The number of hydrogen-bond donors (Lipinski definition) is 2. The summed E-state index contributed by atoms with van der Waals surface area (Å²) in [5.74, 6) is -0.402. The number of hydrogen-bond acceptors (Lipinski definition) is 4. The van der Waals surface area contributed by atoms with Crippen LogP contribution in [-0.2, 0) is 0 Å². The summed E-state index contributed by atoms with van der Waals surface area (Å²) in [6.45, 7) is 4.25. The van der Waals surface area contributed by atoms with Crippen LogP contribution in [0.25, 0.3) is 0 Å². The number of fused-ring (bicyclic) bond motifs is 1. The number of carbonyl (C=O) groups excluding carboxylic acids is 1. The molecular formula is C14H20N4O. The maximum Gasteiger partial charge on any atom is 0.248 e. The Labute approximate surface area is 113 Å². The van der Waals surface area contributed by atoms with Gasteiger partial charge in [0.15, 0.2) is 0 Å². The number of piperazine rings is 1. The van der Waals surface area contributed by atoms with Crippen molar-refractivity contribution in [1.29, 1.82) is 0 Å².